The fourth-order valence-corrected chi connectivity index (χ4v) is 12.7. The zero-order valence-electron chi connectivity index (χ0n) is 34.5. The number of alkyl carbamates (subject to hydrolysis) is 1. The molecular weight excluding hydrogens is 779 g/mol. The molecule has 12 nitrogen and oxygen atoms in total. The number of carbonyl (C=O) groups is 3. The molecule has 7 rings (SSSR count). The van der Waals surface area contributed by atoms with Gasteiger partial charge >= 0.3 is 6.09 Å². The Morgan fingerprint density at radius 3 is 2.39 bits per heavy atom. The van der Waals surface area contributed by atoms with Gasteiger partial charge in [0.25, 0.3) is 0 Å². The van der Waals surface area contributed by atoms with Crippen LogP contribution in [-0.4, -0.2) is 131 Å². The van der Waals surface area contributed by atoms with Crippen molar-refractivity contribution in [2.45, 2.75) is 92.1 Å². The van der Waals surface area contributed by atoms with E-state index in [1.54, 1.807) is 29.2 Å². The molecule has 2 unspecified atom stereocenters. The van der Waals surface area contributed by atoms with Crippen molar-refractivity contribution in [3.05, 3.63) is 72.1 Å². The number of anilines is 1. The lowest BCUT2D eigenvalue weighted by atomic mass is 9.58. The van der Waals surface area contributed by atoms with E-state index in [9.17, 15) is 27.2 Å². The van der Waals surface area contributed by atoms with Crippen LogP contribution in [0.15, 0.2) is 60.0 Å². The minimum absolute atomic E-state index is 0.0182. The van der Waals surface area contributed by atoms with Crippen molar-refractivity contribution in [1.82, 2.24) is 25.3 Å². The lowest BCUT2D eigenvalue weighted by Crippen LogP contribution is -2.65. The molecule has 2 aromatic carbocycles. The number of hydrogen-bond acceptors (Lipinski definition) is 9. The number of halogens is 2. The van der Waals surface area contributed by atoms with Crippen LogP contribution in [0.3, 0.4) is 0 Å². The Labute approximate surface area is 347 Å². The average Bonchev–Trinajstić information content (AvgIpc) is 3.66. The van der Waals surface area contributed by atoms with Gasteiger partial charge in [0.05, 0.1) is 30.3 Å². The number of sulfone groups is 1. The lowest BCUT2D eigenvalue weighted by Gasteiger charge is -2.52. The van der Waals surface area contributed by atoms with Gasteiger partial charge in [0.2, 0.25) is 11.8 Å². The number of nitrogens with zero attached hydrogens (tertiary/aromatic N) is 4. The van der Waals surface area contributed by atoms with Gasteiger partial charge in [0.15, 0.2) is 15.5 Å². The van der Waals surface area contributed by atoms with Crippen molar-refractivity contribution in [3.63, 3.8) is 0 Å². The van der Waals surface area contributed by atoms with Gasteiger partial charge in [0.1, 0.15) is 5.82 Å². The van der Waals surface area contributed by atoms with E-state index >= 15 is 4.39 Å². The molecule has 4 heterocycles. The number of hydrogen-bond donors (Lipinski definition) is 2. The summed E-state index contributed by atoms with van der Waals surface area (Å²) in [4.78, 5) is 45.5. The Morgan fingerprint density at radius 2 is 1.73 bits per heavy atom. The molecular formula is C44H60F2N6O6S. The normalized spacial score (nSPS) is 25.0. The van der Waals surface area contributed by atoms with Crippen LogP contribution in [0.25, 0.3) is 0 Å². The number of benzene rings is 2. The second-order valence-electron chi connectivity index (χ2n) is 17.5. The maximum absolute atomic E-state index is 16.6. The van der Waals surface area contributed by atoms with Crippen molar-refractivity contribution in [2.24, 2.45) is 11.8 Å². The van der Waals surface area contributed by atoms with Crippen LogP contribution in [0.5, 0.6) is 0 Å². The van der Waals surface area contributed by atoms with Crippen LogP contribution in [0.1, 0.15) is 69.4 Å². The largest absolute Gasteiger partial charge is 0.453 e. The number of methoxy groups -OCH3 is 1. The van der Waals surface area contributed by atoms with Crippen LogP contribution in [-0.2, 0) is 36.1 Å². The van der Waals surface area contributed by atoms with Gasteiger partial charge in [-0.3, -0.25) is 19.4 Å². The fourth-order valence-electron chi connectivity index (χ4n) is 10.7. The third-order valence-electron chi connectivity index (χ3n) is 13.8. The summed E-state index contributed by atoms with van der Waals surface area (Å²) in [5, 5.41) is 5.41. The molecule has 322 valence electrons. The predicted octanol–water partition coefficient (Wildman–Crippen LogP) is 4.82. The Morgan fingerprint density at radius 1 is 0.966 bits per heavy atom. The molecule has 0 aromatic heterocycles. The summed E-state index contributed by atoms with van der Waals surface area (Å²) in [5.41, 5.74) is 0.147. The Hall–Kier alpha value is -4.08. The Bertz CT molecular complexity index is 1980. The smallest absolute Gasteiger partial charge is 0.407 e. The fraction of sp³-hybridized carbons (Fsp3) is 0.614. The summed E-state index contributed by atoms with van der Waals surface area (Å²) in [7, 11) is -2.41. The van der Waals surface area contributed by atoms with E-state index in [4.69, 9.17) is 4.74 Å². The van der Waals surface area contributed by atoms with Gasteiger partial charge < -0.3 is 25.2 Å². The van der Waals surface area contributed by atoms with Crippen molar-refractivity contribution >= 4 is 33.4 Å². The number of rotatable bonds is 14. The first-order chi connectivity index (χ1) is 28.2. The van der Waals surface area contributed by atoms with E-state index < -0.39 is 32.3 Å². The molecule has 4 atom stereocenters. The molecule has 0 bridgehead atoms. The van der Waals surface area contributed by atoms with Gasteiger partial charge in [-0.2, -0.15) is 0 Å². The molecule has 59 heavy (non-hydrogen) atoms. The number of ether oxygens (including phenoxy) is 1. The zero-order chi connectivity index (χ0) is 42.0. The number of carbonyl (C=O) groups excluding carboxylic acids is 3. The highest BCUT2D eigenvalue weighted by Gasteiger charge is 2.53. The highest BCUT2D eigenvalue weighted by molar-refractivity contribution is 7.92. The molecule has 5 aliphatic rings. The summed E-state index contributed by atoms with van der Waals surface area (Å²) in [6.07, 6.45) is 6.66. The van der Waals surface area contributed by atoms with E-state index in [-0.39, 0.29) is 68.2 Å². The van der Waals surface area contributed by atoms with Crippen molar-refractivity contribution in [3.8, 4) is 0 Å². The second-order valence-corrected chi connectivity index (χ2v) is 19.7. The van der Waals surface area contributed by atoms with Crippen LogP contribution in [0.2, 0.25) is 0 Å². The average molecular weight is 839 g/mol. The molecule has 0 spiro atoms. The predicted molar refractivity (Wildman–Crippen MR) is 222 cm³/mol. The summed E-state index contributed by atoms with van der Waals surface area (Å²) < 4.78 is 64.8. The molecule has 1 saturated carbocycles. The number of likely N-dealkylation sites (tertiary alicyclic amines) is 3. The van der Waals surface area contributed by atoms with Crippen LogP contribution in [0.4, 0.5) is 19.3 Å². The molecule has 4 saturated heterocycles. The molecule has 2 aromatic rings. The molecule has 3 amide bonds. The standard InChI is InChI=1S/C44H60F2N6O6S/c1-4-41(54)51-20-7-11-37(26-51)59(56,57)40-15-14-36(23-32(40)25-49-18-8-19-49)52-29-43(46,30-52)28-50-21-16-33(17-22-50)44(27-47-31(2)53,34-9-5-10-35(45)24-34)38-12-6-13-39(38)48-42(55)58-3/h4-5,9-10,14-15,23-24,33,37-39H,1,6-8,11-13,16-22,25-30H2,2-3H3,(H,47,53)(H,48,55)/t37?,38-,39-,44?/m0/s1. The summed E-state index contributed by atoms with van der Waals surface area (Å²) in [5.74, 6) is -0.883. The monoisotopic (exact) mass is 838 g/mol. The molecule has 1 aliphatic carbocycles. The summed E-state index contributed by atoms with van der Waals surface area (Å²) >= 11 is 0. The third kappa shape index (κ3) is 9.17. The molecule has 15 heteroatoms. The number of piperidine rings is 2. The zero-order valence-corrected chi connectivity index (χ0v) is 35.3. The highest BCUT2D eigenvalue weighted by Crippen LogP contribution is 2.50. The van der Waals surface area contributed by atoms with Gasteiger partial charge in [-0.1, -0.05) is 25.1 Å². The molecule has 0 radical (unpaired) electrons. The second kappa shape index (κ2) is 17.9. The maximum atomic E-state index is 16.6. The third-order valence-corrected chi connectivity index (χ3v) is 16.1. The van der Waals surface area contributed by atoms with E-state index in [1.807, 2.05) is 17.0 Å². The maximum Gasteiger partial charge on any atom is 0.407 e. The first kappa shape index (κ1) is 43.0. The van der Waals surface area contributed by atoms with Crippen LogP contribution >= 0.6 is 0 Å². The van der Waals surface area contributed by atoms with Crippen molar-refractivity contribution in [1.29, 1.82) is 0 Å². The Kier molecular flexibility index (Phi) is 13.0. The number of alkyl halides is 1. The molecule has 5 fully saturated rings. The minimum Gasteiger partial charge on any atom is -0.453 e. The van der Waals surface area contributed by atoms with Gasteiger partial charge in [0, 0.05) is 56.8 Å². The first-order valence-corrected chi connectivity index (χ1v) is 22.8. The quantitative estimate of drug-likeness (QED) is 0.257. The summed E-state index contributed by atoms with van der Waals surface area (Å²) in [6, 6.07) is 11.8. The SMILES string of the molecule is C=CC(=O)N1CCCC(S(=O)(=O)c2ccc(N3CC(F)(CN4CCC(C(CNC(C)=O)(c5cccc(F)c5)[C@H]5CCC[C@@H]5NC(=O)OC)CC4)C3)cc2CN2CCC2)C1. The molecule has 2 N–H and O–H groups in total. The van der Waals surface area contributed by atoms with E-state index in [0.29, 0.717) is 62.3 Å². The topological polar surface area (TPSA) is 132 Å². The molecule has 4 aliphatic heterocycles. The first-order valence-electron chi connectivity index (χ1n) is 21.3. The van der Waals surface area contributed by atoms with Crippen LogP contribution < -0.4 is 15.5 Å². The van der Waals surface area contributed by atoms with E-state index in [2.05, 4.69) is 27.0 Å². The van der Waals surface area contributed by atoms with E-state index in [0.717, 1.165) is 50.0 Å². The van der Waals surface area contributed by atoms with Crippen molar-refractivity contribution < 1.29 is 36.3 Å². The van der Waals surface area contributed by atoms with Gasteiger partial charge in [-0.25, -0.2) is 22.0 Å². The van der Waals surface area contributed by atoms with Gasteiger partial charge in [-0.15, -0.1) is 0 Å². The Balaban J connectivity index is 1.05. The van der Waals surface area contributed by atoms with Gasteiger partial charge in [-0.05, 0) is 130 Å². The number of nitrogens with one attached hydrogen (secondary N) is 2. The summed E-state index contributed by atoms with van der Waals surface area (Å²) in [6.45, 7) is 10.1. The number of amides is 3. The minimum atomic E-state index is -3.75. The van der Waals surface area contributed by atoms with Crippen molar-refractivity contribution in [2.75, 3.05) is 77.5 Å². The van der Waals surface area contributed by atoms with E-state index in [1.165, 1.54) is 26.2 Å². The highest BCUT2D eigenvalue weighted by atomic mass is 32.2. The van der Waals surface area contributed by atoms with Crippen LogP contribution in [0, 0.1) is 17.7 Å². The lowest BCUT2D eigenvalue weighted by molar-refractivity contribution is -0.126.